The molecule has 0 rings (SSSR count). The molecule has 0 aromatic heterocycles. The first-order valence-electron chi connectivity index (χ1n) is 4.06. The van der Waals surface area contributed by atoms with Gasteiger partial charge in [-0.3, -0.25) is 0 Å². The Morgan fingerprint density at radius 3 is 2.17 bits per heavy atom. The van der Waals surface area contributed by atoms with E-state index in [1.54, 1.807) is 11.8 Å². The lowest BCUT2D eigenvalue weighted by Crippen LogP contribution is -2.07. The van der Waals surface area contributed by atoms with Gasteiger partial charge in [0.1, 0.15) is 0 Å². The first-order chi connectivity index (χ1) is 5.44. The molecule has 68 valence electrons. The summed E-state index contributed by atoms with van der Waals surface area (Å²) in [7, 11) is 0. The second-order valence-corrected chi connectivity index (χ2v) is 4.40. The molecule has 0 fully saturated rings. The van der Waals surface area contributed by atoms with Gasteiger partial charge in [-0.15, -0.1) is 24.1 Å². The molecule has 0 nitrogen and oxygen atoms in total. The number of rotatable bonds is 3. The van der Waals surface area contributed by atoms with Crippen molar-refractivity contribution in [3.8, 4) is 0 Å². The molecule has 12 heavy (non-hydrogen) atoms. The molecule has 1 heteroatoms. The molecule has 0 saturated carbocycles. The van der Waals surface area contributed by atoms with Gasteiger partial charge in [0.15, 0.2) is 0 Å². The van der Waals surface area contributed by atoms with Gasteiger partial charge < -0.3 is 0 Å². The van der Waals surface area contributed by atoms with Crippen molar-refractivity contribution in [1.82, 2.24) is 0 Å². The van der Waals surface area contributed by atoms with Crippen LogP contribution in [0.1, 0.15) is 27.7 Å². The van der Waals surface area contributed by atoms with E-state index < -0.39 is 0 Å². The van der Waals surface area contributed by atoms with Gasteiger partial charge in [-0.2, -0.15) is 0 Å². The van der Waals surface area contributed by atoms with Gasteiger partial charge in [0.25, 0.3) is 0 Å². The van der Waals surface area contributed by atoms with E-state index in [1.807, 2.05) is 6.08 Å². The van der Waals surface area contributed by atoms with Crippen LogP contribution < -0.4 is 0 Å². The maximum atomic E-state index is 3.83. The van der Waals surface area contributed by atoms with Crippen LogP contribution in [-0.4, -0.2) is 6.26 Å². The van der Waals surface area contributed by atoms with Crippen molar-refractivity contribution >= 4 is 11.8 Å². The van der Waals surface area contributed by atoms with Gasteiger partial charge in [-0.1, -0.05) is 19.9 Å². The van der Waals surface area contributed by atoms with E-state index in [-0.39, 0.29) is 5.41 Å². The molecule has 0 aromatic rings. The fraction of sp³-hybridized carbons (Fsp3) is 0.545. The standard InChI is InChI=1S/C11H18S/c1-7-11(4,5)10(12-6)8-9(2)3/h7H,1H2,2-6H3. The highest BCUT2D eigenvalue weighted by Gasteiger charge is 2.17. The van der Waals surface area contributed by atoms with Gasteiger partial charge in [-0.25, -0.2) is 0 Å². The fourth-order valence-electron chi connectivity index (χ4n) is 0.795. The molecule has 0 spiro atoms. The number of allylic oxidation sites excluding steroid dienone is 2. The van der Waals surface area contributed by atoms with Gasteiger partial charge >= 0.3 is 0 Å². The Bertz CT molecular complexity index is 223. The molecular formula is C11H18S. The average molecular weight is 182 g/mol. The van der Waals surface area contributed by atoms with E-state index >= 15 is 0 Å². The van der Waals surface area contributed by atoms with Crippen molar-refractivity contribution < 1.29 is 0 Å². The van der Waals surface area contributed by atoms with Crippen LogP contribution in [-0.2, 0) is 0 Å². The summed E-state index contributed by atoms with van der Waals surface area (Å²) in [5, 5.41) is 0. The van der Waals surface area contributed by atoms with Crippen LogP contribution >= 0.6 is 11.8 Å². The predicted molar refractivity (Wildman–Crippen MR) is 59.4 cm³/mol. The van der Waals surface area contributed by atoms with Crippen LogP contribution in [0.3, 0.4) is 0 Å². The molecule has 0 aliphatic rings. The summed E-state index contributed by atoms with van der Waals surface area (Å²) in [6.07, 6.45) is 4.05. The Morgan fingerprint density at radius 2 is 1.92 bits per heavy atom. The van der Waals surface area contributed by atoms with Crippen molar-refractivity contribution in [1.29, 1.82) is 0 Å². The Hall–Kier alpha value is -0.390. The monoisotopic (exact) mass is 182 g/mol. The second-order valence-electron chi connectivity index (χ2n) is 3.58. The summed E-state index contributed by atoms with van der Waals surface area (Å²) in [5.41, 5.74) is 4.61. The lowest BCUT2D eigenvalue weighted by atomic mass is 9.93. The largest absolute Gasteiger partial charge is 0.125 e. The summed E-state index contributed by atoms with van der Waals surface area (Å²) >= 11 is 1.74. The van der Waals surface area contributed by atoms with Crippen molar-refractivity contribution in [2.45, 2.75) is 27.7 Å². The second kappa shape index (κ2) is 4.59. The first kappa shape index (κ1) is 11.6. The van der Waals surface area contributed by atoms with E-state index in [9.17, 15) is 0 Å². The summed E-state index contributed by atoms with van der Waals surface area (Å²) in [4.78, 5) is 1.25. The predicted octanol–water partition coefficient (Wildman–Crippen LogP) is 4.01. The third-order valence-corrected chi connectivity index (χ3v) is 2.70. The Kier molecular flexibility index (Phi) is 4.44. The summed E-state index contributed by atoms with van der Waals surface area (Å²) in [5.74, 6) is 0. The molecule has 0 bridgehead atoms. The van der Waals surface area contributed by atoms with E-state index in [2.05, 4.69) is 46.3 Å². The molecule has 0 radical (unpaired) electrons. The maximum Gasteiger partial charge on any atom is 0.0356 e. The molecule has 0 aliphatic carbocycles. The van der Waals surface area contributed by atoms with Crippen LogP contribution in [0.4, 0.5) is 0 Å². The van der Waals surface area contributed by atoms with Crippen LogP contribution in [0.5, 0.6) is 0 Å². The minimum Gasteiger partial charge on any atom is -0.125 e. The highest BCUT2D eigenvalue weighted by Crippen LogP contribution is 2.33. The summed E-state index contributed by atoms with van der Waals surface area (Å²) in [6, 6.07) is 0. The third-order valence-electron chi connectivity index (χ3n) is 1.66. The van der Waals surface area contributed by atoms with Crippen LogP contribution in [0, 0.1) is 5.41 Å². The molecule has 0 saturated heterocycles. The Balaban J connectivity index is 5.06. The van der Waals surface area contributed by atoms with Crippen molar-refractivity contribution in [2.75, 3.05) is 6.26 Å². The average Bonchev–Trinajstić information content (AvgIpc) is 1.99. The molecule has 0 aliphatic heterocycles. The Morgan fingerprint density at radius 1 is 1.42 bits per heavy atom. The maximum absolute atomic E-state index is 3.83. The molecule has 0 heterocycles. The molecule has 0 aromatic carbocycles. The van der Waals surface area contributed by atoms with E-state index in [4.69, 9.17) is 0 Å². The topological polar surface area (TPSA) is 0 Å². The van der Waals surface area contributed by atoms with Crippen molar-refractivity contribution in [3.05, 3.63) is 28.9 Å². The quantitative estimate of drug-likeness (QED) is 0.469. The summed E-state index contributed by atoms with van der Waals surface area (Å²) < 4.78 is 0. The highest BCUT2D eigenvalue weighted by molar-refractivity contribution is 8.02. The van der Waals surface area contributed by atoms with Gasteiger partial charge in [0.05, 0.1) is 0 Å². The van der Waals surface area contributed by atoms with Gasteiger partial charge in [0, 0.05) is 10.3 Å². The van der Waals surface area contributed by atoms with Gasteiger partial charge in [-0.05, 0) is 25.7 Å². The number of thioether (sulfide) groups is 1. The van der Waals surface area contributed by atoms with Crippen molar-refractivity contribution in [3.63, 3.8) is 0 Å². The Labute approximate surface area is 80.4 Å². The SMILES string of the molecule is C=CC(C)(C)C(=C=C(C)C)SC. The zero-order chi connectivity index (χ0) is 9.78. The minimum atomic E-state index is 0.0523. The van der Waals surface area contributed by atoms with Crippen LogP contribution in [0.2, 0.25) is 0 Å². The van der Waals surface area contributed by atoms with Crippen LogP contribution in [0.15, 0.2) is 28.9 Å². The molecule has 0 amide bonds. The molecule has 0 unspecified atom stereocenters. The molecular weight excluding hydrogens is 164 g/mol. The third kappa shape index (κ3) is 3.34. The fourth-order valence-corrected chi connectivity index (χ4v) is 1.71. The first-order valence-corrected chi connectivity index (χ1v) is 5.28. The number of hydrogen-bond acceptors (Lipinski definition) is 1. The summed E-state index contributed by atoms with van der Waals surface area (Å²) in [6.45, 7) is 12.3. The van der Waals surface area contributed by atoms with Crippen LogP contribution in [0.25, 0.3) is 0 Å². The molecule has 0 N–H and O–H groups in total. The van der Waals surface area contributed by atoms with E-state index in [0.717, 1.165) is 0 Å². The number of hydrogen-bond donors (Lipinski definition) is 0. The zero-order valence-electron chi connectivity index (χ0n) is 8.69. The highest BCUT2D eigenvalue weighted by atomic mass is 32.2. The smallest absolute Gasteiger partial charge is 0.0356 e. The minimum absolute atomic E-state index is 0.0523. The lowest BCUT2D eigenvalue weighted by molar-refractivity contribution is 0.616. The molecule has 0 atom stereocenters. The van der Waals surface area contributed by atoms with Gasteiger partial charge in [0.2, 0.25) is 0 Å². The van der Waals surface area contributed by atoms with E-state index in [1.165, 1.54) is 10.5 Å². The van der Waals surface area contributed by atoms with E-state index in [0.29, 0.717) is 0 Å². The van der Waals surface area contributed by atoms with Crippen molar-refractivity contribution in [2.24, 2.45) is 5.41 Å². The normalized spacial score (nSPS) is 10.4. The zero-order valence-corrected chi connectivity index (χ0v) is 9.51. The lowest BCUT2D eigenvalue weighted by Gasteiger charge is -2.20.